The van der Waals surface area contributed by atoms with Crippen molar-refractivity contribution in [3.8, 4) is 0 Å². The summed E-state index contributed by atoms with van der Waals surface area (Å²) < 4.78 is 2.86. The Morgan fingerprint density at radius 2 is 2.25 bits per heavy atom. The van der Waals surface area contributed by atoms with E-state index < -0.39 is 0 Å². The molecule has 2 aromatic rings. The first-order valence-corrected chi connectivity index (χ1v) is 7.70. The number of carbonyl (C=O) groups excluding carboxylic acids is 1. The lowest BCUT2D eigenvalue weighted by atomic mass is 10.3. The van der Waals surface area contributed by atoms with Crippen LogP contribution in [0.15, 0.2) is 22.7 Å². The molecule has 1 amide bonds. The Morgan fingerprint density at radius 3 is 2.85 bits per heavy atom. The summed E-state index contributed by atoms with van der Waals surface area (Å²) in [5.74, 6) is 0.769. The van der Waals surface area contributed by atoms with Crippen LogP contribution >= 0.6 is 27.5 Å². The molecule has 4 nitrogen and oxygen atoms in total. The summed E-state index contributed by atoms with van der Waals surface area (Å²) in [7, 11) is 1.79. The van der Waals surface area contributed by atoms with Crippen molar-refractivity contribution in [1.82, 2.24) is 14.5 Å². The van der Waals surface area contributed by atoms with Crippen LogP contribution in [0.4, 0.5) is 0 Å². The molecule has 0 spiro atoms. The lowest BCUT2D eigenvalue weighted by Crippen LogP contribution is -2.30. The number of rotatable bonds is 4. The van der Waals surface area contributed by atoms with E-state index in [1.54, 1.807) is 11.9 Å². The van der Waals surface area contributed by atoms with E-state index in [2.05, 4.69) is 20.9 Å². The molecule has 0 N–H and O–H groups in total. The van der Waals surface area contributed by atoms with Crippen molar-refractivity contribution in [3.05, 3.63) is 28.5 Å². The molecule has 1 atom stereocenters. The Hall–Kier alpha value is -1.07. The number of hydrogen-bond acceptors (Lipinski definition) is 2. The van der Waals surface area contributed by atoms with Gasteiger partial charge in [-0.15, -0.1) is 11.6 Å². The van der Waals surface area contributed by atoms with Gasteiger partial charge in [0.1, 0.15) is 12.4 Å². The predicted octanol–water partition coefficient (Wildman–Crippen LogP) is 3.58. The average Bonchev–Trinajstić information content (AvgIpc) is 2.75. The van der Waals surface area contributed by atoms with E-state index in [9.17, 15) is 4.79 Å². The Balaban J connectivity index is 2.49. The Bertz CT molecular complexity index is 639. The molecule has 0 aliphatic carbocycles. The minimum Gasteiger partial charge on any atom is -0.344 e. The van der Waals surface area contributed by atoms with Crippen LogP contribution < -0.4 is 0 Å². The van der Waals surface area contributed by atoms with Crippen LogP contribution in [0, 0.1) is 0 Å². The third kappa shape index (κ3) is 2.99. The molecule has 0 saturated heterocycles. The van der Waals surface area contributed by atoms with Crippen LogP contribution in [0.5, 0.6) is 0 Å². The number of hydrogen-bond donors (Lipinski definition) is 0. The second-order valence-corrected chi connectivity index (χ2v) is 6.28. The molecule has 2 rings (SSSR count). The van der Waals surface area contributed by atoms with E-state index in [0.717, 1.165) is 21.3 Å². The van der Waals surface area contributed by atoms with Gasteiger partial charge < -0.3 is 9.47 Å². The van der Waals surface area contributed by atoms with Gasteiger partial charge in [-0.25, -0.2) is 4.98 Å². The second kappa shape index (κ2) is 6.14. The first-order chi connectivity index (χ1) is 9.43. The van der Waals surface area contributed by atoms with E-state index in [0.29, 0.717) is 6.54 Å². The highest BCUT2D eigenvalue weighted by molar-refractivity contribution is 9.10. The van der Waals surface area contributed by atoms with Crippen molar-refractivity contribution in [3.63, 3.8) is 0 Å². The van der Waals surface area contributed by atoms with Gasteiger partial charge in [0, 0.05) is 18.1 Å². The summed E-state index contributed by atoms with van der Waals surface area (Å²) in [4.78, 5) is 18.4. The van der Waals surface area contributed by atoms with Crippen molar-refractivity contribution in [2.75, 3.05) is 13.6 Å². The highest BCUT2D eigenvalue weighted by atomic mass is 79.9. The molecule has 0 fully saturated rings. The average molecular weight is 359 g/mol. The molecule has 0 aliphatic rings. The van der Waals surface area contributed by atoms with E-state index in [-0.39, 0.29) is 17.8 Å². The first-order valence-electron chi connectivity index (χ1n) is 6.47. The molecule has 6 heteroatoms. The van der Waals surface area contributed by atoms with Crippen LogP contribution in [0.3, 0.4) is 0 Å². The van der Waals surface area contributed by atoms with Gasteiger partial charge in [0.25, 0.3) is 0 Å². The van der Waals surface area contributed by atoms with Crippen LogP contribution in [-0.2, 0) is 11.3 Å². The third-order valence-corrected chi connectivity index (χ3v) is 3.98. The topological polar surface area (TPSA) is 38.1 Å². The van der Waals surface area contributed by atoms with Crippen molar-refractivity contribution >= 4 is 44.5 Å². The van der Waals surface area contributed by atoms with Crippen LogP contribution in [0.1, 0.15) is 25.0 Å². The van der Waals surface area contributed by atoms with Gasteiger partial charge >= 0.3 is 0 Å². The number of fused-ring (bicyclic) bond motifs is 1. The molecule has 1 heterocycles. The quantitative estimate of drug-likeness (QED) is 0.784. The molecule has 0 radical (unpaired) electrons. The van der Waals surface area contributed by atoms with E-state index in [4.69, 9.17) is 11.6 Å². The van der Waals surface area contributed by atoms with Crippen molar-refractivity contribution in [1.29, 1.82) is 0 Å². The highest BCUT2D eigenvalue weighted by Crippen LogP contribution is 2.26. The number of alkyl halides is 1. The molecule has 1 aromatic carbocycles. The molecule has 0 bridgehead atoms. The molecule has 1 aromatic heterocycles. The fourth-order valence-corrected chi connectivity index (χ4v) is 2.54. The zero-order valence-corrected chi connectivity index (χ0v) is 14.1. The number of halogens is 2. The number of imidazole rings is 1. The standard InChI is InChI=1S/C14H17BrClN3O/c1-4-18(3)13(20)8-19-12-6-5-10(15)7-11(12)17-14(19)9(2)16/h5-7,9H,4,8H2,1-3H3. The highest BCUT2D eigenvalue weighted by Gasteiger charge is 2.18. The molecule has 20 heavy (non-hydrogen) atoms. The number of aromatic nitrogens is 2. The SMILES string of the molecule is CCN(C)C(=O)Cn1c(C(C)Cl)nc2cc(Br)ccc21. The molecule has 108 valence electrons. The second-order valence-electron chi connectivity index (χ2n) is 4.71. The molecule has 0 aliphatic heterocycles. The number of carbonyl (C=O) groups is 1. The molecular weight excluding hydrogens is 342 g/mol. The maximum atomic E-state index is 12.2. The Morgan fingerprint density at radius 1 is 1.55 bits per heavy atom. The van der Waals surface area contributed by atoms with E-state index in [1.165, 1.54) is 0 Å². The van der Waals surface area contributed by atoms with Gasteiger partial charge in [-0.05, 0) is 32.0 Å². The maximum absolute atomic E-state index is 12.2. The zero-order valence-electron chi connectivity index (χ0n) is 11.7. The fourth-order valence-electron chi connectivity index (χ4n) is 2.02. The Kier molecular flexibility index (Phi) is 4.70. The molecule has 1 unspecified atom stereocenters. The summed E-state index contributed by atoms with van der Waals surface area (Å²) in [5.41, 5.74) is 1.77. The summed E-state index contributed by atoms with van der Waals surface area (Å²) in [6.45, 7) is 4.76. The summed E-state index contributed by atoms with van der Waals surface area (Å²) in [6.07, 6.45) is 0. The molecular formula is C14H17BrClN3O. The first kappa shape index (κ1) is 15.3. The van der Waals surface area contributed by atoms with Crippen LogP contribution in [0.25, 0.3) is 11.0 Å². The van der Waals surface area contributed by atoms with Crippen LogP contribution in [-0.4, -0.2) is 34.0 Å². The lowest BCUT2D eigenvalue weighted by molar-refractivity contribution is -0.130. The maximum Gasteiger partial charge on any atom is 0.242 e. The Labute approximate surface area is 131 Å². The van der Waals surface area contributed by atoms with Crippen molar-refractivity contribution in [2.45, 2.75) is 25.8 Å². The normalized spacial score (nSPS) is 12.7. The minimum absolute atomic E-state index is 0.0493. The van der Waals surface area contributed by atoms with Gasteiger partial charge in [0.2, 0.25) is 5.91 Å². The predicted molar refractivity (Wildman–Crippen MR) is 85.0 cm³/mol. The third-order valence-electron chi connectivity index (χ3n) is 3.29. The van der Waals surface area contributed by atoms with E-state index in [1.807, 2.05) is 36.6 Å². The van der Waals surface area contributed by atoms with Crippen molar-refractivity contribution < 1.29 is 4.79 Å². The fraction of sp³-hybridized carbons (Fsp3) is 0.429. The number of likely N-dealkylation sites (N-methyl/N-ethyl adjacent to an activating group) is 1. The largest absolute Gasteiger partial charge is 0.344 e. The summed E-state index contributed by atoms with van der Waals surface area (Å²) in [5, 5.41) is -0.249. The number of nitrogens with zero attached hydrogens (tertiary/aromatic N) is 3. The molecule has 0 saturated carbocycles. The van der Waals surface area contributed by atoms with Gasteiger partial charge in [-0.1, -0.05) is 15.9 Å². The van der Waals surface area contributed by atoms with Gasteiger partial charge in [0.05, 0.1) is 16.4 Å². The summed E-state index contributed by atoms with van der Waals surface area (Å²) in [6, 6.07) is 5.83. The minimum atomic E-state index is -0.249. The smallest absolute Gasteiger partial charge is 0.242 e. The van der Waals surface area contributed by atoms with Gasteiger partial charge in [-0.2, -0.15) is 0 Å². The number of benzene rings is 1. The van der Waals surface area contributed by atoms with Gasteiger partial charge in [0.15, 0.2) is 0 Å². The van der Waals surface area contributed by atoms with Crippen molar-refractivity contribution in [2.24, 2.45) is 0 Å². The zero-order chi connectivity index (χ0) is 14.9. The van der Waals surface area contributed by atoms with Crippen LogP contribution in [0.2, 0.25) is 0 Å². The summed E-state index contributed by atoms with van der Waals surface area (Å²) >= 11 is 9.63. The lowest BCUT2D eigenvalue weighted by Gasteiger charge is -2.17. The monoisotopic (exact) mass is 357 g/mol. The van der Waals surface area contributed by atoms with Gasteiger partial charge in [-0.3, -0.25) is 4.79 Å². The van der Waals surface area contributed by atoms with E-state index >= 15 is 0 Å². The number of amides is 1.